The molecule has 1 aliphatic heterocycles. The Bertz CT molecular complexity index is 163. The molecule has 0 N–H and O–H groups in total. The van der Waals surface area contributed by atoms with Crippen LogP contribution in [-0.2, 0) is 4.74 Å². The van der Waals surface area contributed by atoms with Crippen molar-refractivity contribution < 1.29 is 4.74 Å². The molecule has 1 nitrogen and oxygen atoms in total. The van der Waals surface area contributed by atoms with Gasteiger partial charge in [0, 0.05) is 0 Å². The summed E-state index contributed by atoms with van der Waals surface area (Å²) in [5.74, 6) is 2.43. The van der Waals surface area contributed by atoms with Gasteiger partial charge >= 0.3 is 0 Å². The predicted molar refractivity (Wildman–Crippen MR) is 56.8 cm³/mol. The van der Waals surface area contributed by atoms with Crippen molar-refractivity contribution in [3.63, 3.8) is 0 Å². The molecule has 78 valence electrons. The van der Waals surface area contributed by atoms with Gasteiger partial charge in [-0.05, 0) is 38.0 Å². The summed E-state index contributed by atoms with van der Waals surface area (Å²) in [6.07, 6.45) is 2.52. The minimum Gasteiger partial charge on any atom is -0.375 e. The van der Waals surface area contributed by atoms with E-state index >= 15 is 0 Å². The normalized spacial score (nSPS) is 31.6. The van der Waals surface area contributed by atoms with Crippen LogP contribution in [0.5, 0.6) is 0 Å². The van der Waals surface area contributed by atoms with Gasteiger partial charge in [-0.3, -0.25) is 0 Å². The number of hydrogen-bond acceptors (Lipinski definition) is 1. The summed E-state index contributed by atoms with van der Waals surface area (Å²) in [5, 5.41) is 0. The van der Waals surface area contributed by atoms with Gasteiger partial charge in [-0.1, -0.05) is 27.2 Å². The fourth-order valence-corrected chi connectivity index (χ4v) is 2.26. The van der Waals surface area contributed by atoms with Gasteiger partial charge in [0.1, 0.15) is 0 Å². The molecule has 1 aliphatic rings. The second-order valence-electron chi connectivity index (χ2n) is 5.28. The third-order valence-electron chi connectivity index (χ3n) is 3.73. The molecule has 0 radical (unpaired) electrons. The molecule has 1 fully saturated rings. The van der Waals surface area contributed by atoms with E-state index in [0.717, 1.165) is 24.4 Å². The molecule has 1 rings (SSSR count). The number of ether oxygens (including phenoxy) is 1. The smallest absolute Gasteiger partial charge is 0.0630 e. The second kappa shape index (κ2) is 4.00. The lowest BCUT2D eigenvalue weighted by Crippen LogP contribution is -2.21. The van der Waals surface area contributed by atoms with Crippen molar-refractivity contribution in [2.24, 2.45) is 17.8 Å². The first-order valence-corrected chi connectivity index (χ1v) is 5.60. The maximum Gasteiger partial charge on any atom is 0.0630 e. The van der Waals surface area contributed by atoms with E-state index in [2.05, 4.69) is 34.6 Å². The average Bonchev–Trinajstić information content (AvgIpc) is 2.43. The molecule has 1 saturated heterocycles. The van der Waals surface area contributed by atoms with E-state index in [0.29, 0.717) is 0 Å². The molecular formula is C12H24O. The molecule has 0 aromatic carbocycles. The Balaban J connectivity index is 2.46. The van der Waals surface area contributed by atoms with Crippen LogP contribution in [0.4, 0.5) is 0 Å². The van der Waals surface area contributed by atoms with Crippen LogP contribution >= 0.6 is 0 Å². The first-order valence-electron chi connectivity index (χ1n) is 5.60. The Morgan fingerprint density at radius 3 is 2.38 bits per heavy atom. The first kappa shape index (κ1) is 11.0. The Morgan fingerprint density at radius 1 is 1.38 bits per heavy atom. The molecule has 0 amide bonds. The maximum absolute atomic E-state index is 5.77. The van der Waals surface area contributed by atoms with E-state index in [1.165, 1.54) is 12.8 Å². The molecule has 3 unspecified atom stereocenters. The summed E-state index contributed by atoms with van der Waals surface area (Å²) in [4.78, 5) is 0. The van der Waals surface area contributed by atoms with Crippen LogP contribution in [0, 0.1) is 17.8 Å². The molecule has 1 heterocycles. The van der Waals surface area contributed by atoms with Crippen molar-refractivity contribution >= 4 is 0 Å². The van der Waals surface area contributed by atoms with E-state index in [1.807, 2.05) is 0 Å². The van der Waals surface area contributed by atoms with Crippen LogP contribution in [0.2, 0.25) is 0 Å². The Morgan fingerprint density at radius 2 is 2.00 bits per heavy atom. The van der Waals surface area contributed by atoms with Crippen molar-refractivity contribution in [2.75, 3.05) is 6.61 Å². The zero-order chi connectivity index (χ0) is 10.1. The molecule has 0 saturated carbocycles. The van der Waals surface area contributed by atoms with Crippen molar-refractivity contribution in [3.8, 4) is 0 Å². The summed E-state index contributed by atoms with van der Waals surface area (Å²) in [5.41, 5.74) is 0.131. The van der Waals surface area contributed by atoms with Crippen molar-refractivity contribution in [2.45, 2.75) is 53.1 Å². The van der Waals surface area contributed by atoms with Crippen LogP contribution in [-0.4, -0.2) is 12.2 Å². The van der Waals surface area contributed by atoms with Gasteiger partial charge in [-0.2, -0.15) is 0 Å². The van der Waals surface area contributed by atoms with Gasteiger partial charge in [0.25, 0.3) is 0 Å². The fourth-order valence-electron chi connectivity index (χ4n) is 2.26. The second-order valence-corrected chi connectivity index (χ2v) is 5.28. The summed E-state index contributed by atoms with van der Waals surface area (Å²) >= 11 is 0. The zero-order valence-corrected chi connectivity index (χ0v) is 9.76. The lowest BCUT2D eigenvalue weighted by molar-refractivity contribution is 0.0333. The zero-order valence-electron chi connectivity index (χ0n) is 9.76. The van der Waals surface area contributed by atoms with E-state index in [9.17, 15) is 0 Å². The quantitative estimate of drug-likeness (QED) is 0.652. The maximum atomic E-state index is 5.77. The van der Waals surface area contributed by atoms with E-state index in [1.54, 1.807) is 0 Å². The van der Waals surface area contributed by atoms with Crippen LogP contribution < -0.4 is 0 Å². The molecule has 1 heteroatoms. The highest BCUT2D eigenvalue weighted by atomic mass is 16.5. The largest absolute Gasteiger partial charge is 0.375 e. The molecule has 3 atom stereocenters. The molecule has 0 aromatic heterocycles. The van der Waals surface area contributed by atoms with Gasteiger partial charge in [0.2, 0.25) is 0 Å². The highest BCUT2D eigenvalue weighted by Crippen LogP contribution is 2.37. The number of rotatable bonds is 3. The van der Waals surface area contributed by atoms with Gasteiger partial charge in [0.15, 0.2) is 0 Å². The van der Waals surface area contributed by atoms with E-state index < -0.39 is 0 Å². The van der Waals surface area contributed by atoms with Crippen molar-refractivity contribution in [3.05, 3.63) is 0 Å². The van der Waals surface area contributed by atoms with Gasteiger partial charge in [-0.25, -0.2) is 0 Å². The minimum atomic E-state index is 0.131. The predicted octanol–water partition coefficient (Wildman–Crippen LogP) is 3.48. The minimum absolute atomic E-state index is 0.131. The first-order chi connectivity index (χ1) is 5.96. The molecule has 0 aliphatic carbocycles. The highest BCUT2D eigenvalue weighted by molar-refractivity contribution is 4.84. The Labute approximate surface area is 82.9 Å². The van der Waals surface area contributed by atoms with Crippen LogP contribution in [0.1, 0.15) is 47.5 Å². The molecular weight excluding hydrogens is 160 g/mol. The van der Waals surface area contributed by atoms with Crippen molar-refractivity contribution in [1.82, 2.24) is 0 Å². The lowest BCUT2D eigenvalue weighted by Gasteiger charge is -2.24. The van der Waals surface area contributed by atoms with Gasteiger partial charge in [0.05, 0.1) is 12.2 Å². The van der Waals surface area contributed by atoms with E-state index in [-0.39, 0.29) is 5.60 Å². The highest BCUT2D eigenvalue weighted by Gasteiger charge is 2.35. The average molecular weight is 184 g/mol. The summed E-state index contributed by atoms with van der Waals surface area (Å²) in [6, 6.07) is 0. The Hall–Kier alpha value is -0.0400. The summed E-state index contributed by atoms with van der Waals surface area (Å²) in [6.45, 7) is 12.4. The van der Waals surface area contributed by atoms with Gasteiger partial charge < -0.3 is 4.74 Å². The fraction of sp³-hybridized carbons (Fsp3) is 1.00. The summed E-state index contributed by atoms with van der Waals surface area (Å²) < 4.78 is 5.77. The van der Waals surface area contributed by atoms with Crippen molar-refractivity contribution in [1.29, 1.82) is 0 Å². The topological polar surface area (TPSA) is 9.23 Å². The van der Waals surface area contributed by atoms with Crippen LogP contribution in [0.3, 0.4) is 0 Å². The standard InChI is InChI=1S/C12H24O/c1-6-9(2)10(3)11-7-12(4,5)13-8-11/h9-11H,6-8H2,1-5H3. The Kier molecular flexibility index (Phi) is 3.39. The molecule has 13 heavy (non-hydrogen) atoms. The third kappa shape index (κ3) is 2.70. The third-order valence-corrected chi connectivity index (χ3v) is 3.73. The van der Waals surface area contributed by atoms with Crippen LogP contribution in [0.15, 0.2) is 0 Å². The number of hydrogen-bond donors (Lipinski definition) is 0. The van der Waals surface area contributed by atoms with Crippen LogP contribution in [0.25, 0.3) is 0 Å². The lowest BCUT2D eigenvalue weighted by atomic mass is 9.80. The monoisotopic (exact) mass is 184 g/mol. The SMILES string of the molecule is CCC(C)C(C)C1COC(C)(C)C1. The van der Waals surface area contributed by atoms with Gasteiger partial charge in [-0.15, -0.1) is 0 Å². The molecule has 0 spiro atoms. The molecule has 0 aromatic rings. The van der Waals surface area contributed by atoms with E-state index in [4.69, 9.17) is 4.74 Å². The summed E-state index contributed by atoms with van der Waals surface area (Å²) in [7, 11) is 0. The molecule has 0 bridgehead atoms.